The Morgan fingerprint density at radius 1 is 0.895 bits per heavy atom. The van der Waals surface area contributed by atoms with Gasteiger partial charge < -0.3 is 10.2 Å². The molecule has 0 saturated carbocycles. The quantitative estimate of drug-likeness (QED) is 0.781. The van der Waals surface area contributed by atoms with E-state index in [2.05, 4.69) is 0 Å². The molecule has 0 unspecified atom stereocenters. The van der Waals surface area contributed by atoms with Gasteiger partial charge in [0, 0.05) is 10.0 Å². The first-order valence-electron chi connectivity index (χ1n) is 5.86. The van der Waals surface area contributed by atoms with Crippen molar-refractivity contribution < 1.29 is 10.2 Å². The minimum atomic E-state index is 0.291. The predicted molar refractivity (Wildman–Crippen MR) is 80.3 cm³/mol. The molecule has 19 heavy (non-hydrogen) atoms. The topological polar surface area (TPSA) is 40.5 Å². The van der Waals surface area contributed by atoms with Crippen molar-refractivity contribution >= 4 is 23.2 Å². The van der Waals surface area contributed by atoms with Crippen molar-refractivity contribution in [2.24, 2.45) is 0 Å². The lowest BCUT2D eigenvalue weighted by atomic mass is 10.1. The molecule has 2 aromatic rings. The maximum atomic E-state index is 9.18. The van der Waals surface area contributed by atoms with Crippen LogP contribution in [0.2, 0.25) is 10.0 Å². The van der Waals surface area contributed by atoms with Crippen LogP contribution < -0.4 is 0 Å². The zero-order chi connectivity index (χ0) is 14.4. The molecule has 0 aromatic heterocycles. The molecule has 0 aliphatic heterocycles. The molecular weight excluding hydrogens is 283 g/mol. The van der Waals surface area contributed by atoms with E-state index in [0.717, 1.165) is 17.5 Å². The number of phenols is 2. The van der Waals surface area contributed by atoms with Crippen molar-refractivity contribution in [1.29, 1.82) is 0 Å². The molecule has 0 fully saturated rings. The van der Waals surface area contributed by atoms with Crippen LogP contribution in [0, 0.1) is 6.92 Å². The minimum Gasteiger partial charge on any atom is -0.508 e. The van der Waals surface area contributed by atoms with E-state index in [9.17, 15) is 5.11 Å². The van der Waals surface area contributed by atoms with Gasteiger partial charge in [-0.25, -0.2) is 0 Å². The first kappa shape index (κ1) is 15.7. The molecule has 0 bridgehead atoms. The highest BCUT2D eigenvalue weighted by Crippen LogP contribution is 2.21. The molecule has 2 N–H and O–H groups in total. The number of hydrogen-bond acceptors (Lipinski definition) is 2. The molecule has 0 radical (unpaired) electrons. The monoisotopic (exact) mass is 298 g/mol. The van der Waals surface area contributed by atoms with Crippen LogP contribution in [0.4, 0.5) is 0 Å². The van der Waals surface area contributed by atoms with Crippen LogP contribution in [0.3, 0.4) is 0 Å². The van der Waals surface area contributed by atoms with E-state index in [0.29, 0.717) is 21.5 Å². The smallest absolute Gasteiger partial charge is 0.118 e. The Labute approximate surface area is 123 Å². The fourth-order valence-electron chi connectivity index (χ4n) is 1.46. The summed E-state index contributed by atoms with van der Waals surface area (Å²) in [5.74, 6) is 0.617. The Hall–Kier alpha value is -1.38. The van der Waals surface area contributed by atoms with Gasteiger partial charge in [0.25, 0.3) is 0 Å². The van der Waals surface area contributed by atoms with E-state index < -0.39 is 0 Å². The SMILES string of the molecule is CCc1cc(Cl)ccc1O.Cc1cc(Cl)ccc1O. The number of rotatable bonds is 1. The van der Waals surface area contributed by atoms with Crippen molar-refractivity contribution in [1.82, 2.24) is 0 Å². The summed E-state index contributed by atoms with van der Waals surface area (Å²) in [7, 11) is 0. The Morgan fingerprint density at radius 2 is 1.42 bits per heavy atom. The van der Waals surface area contributed by atoms with E-state index >= 15 is 0 Å². The molecule has 0 aliphatic rings. The second-order valence-corrected chi connectivity index (χ2v) is 4.93. The minimum absolute atomic E-state index is 0.291. The fourth-order valence-corrected chi connectivity index (χ4v) is 1.88. The van der Waals surface area contributed by atoms with Crippen LogP contribution >= 0.6 is 23.2 Å². The Bertz CT molecular complexity index is 554. The van der Waals surface area contributed by atoms with Gasteiger partial charge in [-0.1, -0.05) is 30.1 Å². The molecule has 2 nitrogen and oxygen atoms in total. The first-order valence-corrected chi connectivity index (χ1v) is 6.62. The predicted octanol–water partition coefficient (Wildman–Crippen LogP) is 4.96. The van der Waals surface area contributed by atoms with Crippen LogP contribution in [0.15, 0.2) is 36.4 Å². The normalized spacial score (nSPS) is 9.68. The summed E-state index contributed by atoms with van der Waals surface area (Å²) in [6.07, 6.45) is 0.812. The van der Waals surface area contributed by atoms with Crippen LogP contribution in [0.5, 0.6) is 11.5 Å². The van der Waals surface area contributed by atoms with Crippen LogP contribution in [0.25, 0.3) is 0 Å². The lowest BCUT2D eigenvalue weighted by Gasteiger charge is -1.99. The molecule has 0 amide bonds. The van der Waals surface area contributed by atoms with E-state index in [1.165, 1.54) is 0 Å². The molecule has 0 aliphatic carbocycles. The van der Waals surface area contributed by atoms with Gasteiger partial charge in [0.05, 0.1) is 0 Å². The number of aromatic hydroxyl groups is 2. The van der Waals surface area contributed by atoms with E-state index in [1.54, 1.807) is 43.3 Å². The van der Waals surface area contributed by atoms with Crippen LogP contribution in [0.1, 0.15) is 18.1 Å². The highest BCUT2D eigenvalue weighted by molar-refractivity contribution is 6.30. The highest BCUT2D eigenvalue weighted by Gasteiger charge is 1.97. The van der Waals surface area contributed by atoms with E-state index in [1.807, 2.05) is 6.92 Å². The standard InChI is InChI=1S/C8H9ClO.C7H7ClO/c1-2-6-5-7(9)3-4-8(6)10;1-5-4-6(8)2-3-7(5)9/h3-5,10H,2H2,1H3;2-4,9H,1H3. The van der Waals surface area contributed by atoms with Crippen molar-refractivity contribution in [3.63, 3.8) is 0 Å². The molecule has 0 saturated heterocycles. The lowest BCUT2D eigenvalue weighted by molar-refractivity contribution is 0.469. The Kier molecular flexibility index (Phi) is 6.00. The van der Waals surface area contributed by atoms with Gasteiger partial charge in [0.2, 0.25) is 0 Å². The molecule has 0 heterocycles. The number of hydrogen-bond donors (Lipinski definition) is 2. The third-order valence-electron chi connectivity index (χ3n) is 2.58. The van der Waals surface area contributed by atoms with Gasteiger partial charge in [0.15, 0.2) is 0 Å². The number of phenolic OH excluding ortho intramolecular Hbond substituents is 2. The summed E-state index contributed by atoms with van der Waals surface area (Å²) in [5, 5.41) is 19.5. The van der Waals surface area contributed by atoms with Crippen molar-refractivity contribution in [2.75, 3.05) is 0 Å². The van der Waals surface area contributed by atoms with Crippen LogP contribution in [-0.2, 0) is 6.42 Å². The zero-order valence-corrected chi connectivity index (χ0v) is 12.3. The zero-order valence-electron chi connectivity index (χ0n) is 10.8. The molecule has 0 atom stereocenters. The summed E-state index contributed by atoms with van der Waals surface area (Å²) in [5.41, 5.74) is 1.70. The summed E-state index contributed by atoms with van der Waals surface area (Å²) < 4.78 is 0. The number of aryl methyl sites for hydroxylation is 2. The third kappa shape index (κ3) is 5.01. The Morgan fingerprint density at radius 3 is 1.84 bits per heavy atom. The average molecular weight is 299 g/mol. The highest BCUT2D eigenvalue weighted by atomic mass is 35.5. The Balaban J connectivity index is 0.000000191. The van der Waals surface area contributed by atoms with Gasteiger partial charge in [-0.2, -0.15) is 0 Å². The third-order valence-corrected chi connectivity index (χ3v) is 3.05. The maximum absolute atomic E-state index is 9.18. The van der Waals surface area contributed by atoms with Gasteiger partial charge in [-0.3, -0.25) is 0 Å². The number of halogens is 2. The molecule has 2 aromatic carbocycles. The molecule has 2 rings (SSSR count). The summed E-state index contributed by atoms with van der Waals surface area (Å²) in [6.45, 7) is 3.78. The number of benzene rings is 2. The second kappa shape index (κ2) is 7.27. The molecular formula is C15H16Cl2O2. The lowest BCUT2D eigenvalue weighted by Crippen LogP contribution is -1.79. The van der Waals surface area contributed by atoms with Gasteiger partial charge in [0.1, 0.15) is 11.5 Å². The van der Waals surface area contributed by atoms with Gasteiger partial charge >= 0.3 is 0 Å². The summed E-state index contributed by atoms with van der Waals surface area (Å²) >= 11 is 11.3. The van der Waals surface area contributed by atoms with Crippen molar-refractivity contribution in [3.8, 4) is 11.5 Å². The largest absolute Gasteiger partial charge is 0.508 e. The molecule has 4 heteroatoms. The average Bonchev–Trinajstić information content (AvgIpc) is 2.38. The van der Waals surface area contributed by atoms with Gasteiger partial charge in [-0.05, 0) is 60.9 Å². The van der Waals surface area contributed by atoms with E-state index in [4.69, 9.17) is 28.3 Å². The summed E-state index contributed by atoms with van der Waals surface area (Å²) in [4.78, 5) is 0. The van der Waals surface area contributed by atoms with Crippen molar-refractivity contribution in [2.45, 2.75) is 20.3 Å². The van der Waals surface area contributed by atoms with Crippen LogP contribution in [-0.4, -0.2) is 10.2 Å². The van der Waals surface area contributed by atoms with Gasteiger partial charge in [-0.15, -0.1) is 0 Å². The molecule has 0 spiro atoms. The second-order valence-electron chi connectivity index (χ2n) is 4.06. The first-order chi connectivity index (χ1) is 8.93. The molecule has 102 valence electrons. The van der Waals surface area contributed by atoms with Crippen molar-refractivity contribution in [3.05, 3.63) is 57.6 Å². The summed E-state index contributed by atoms with van der Waals surface area (Å²) in [6, 6.07) is 10.0. The maximum Gasteiger partial charge on any atom is 0.118 e. The van der Waals surface area contributed by atoms with E-state index in [-0.39, 0.29) is 0 Å². The fraction of sp³-hybridized carbons (Fsp3) is 0.200.